The number of aromatic nitrogens is 2. The Morgan fingerprint density at radius 2 is 2.04 bits per heavy atom. The first-order valence-electron chi connectivity index (χ1n) is 8.04. The second kappa shape index (κ2) is 8.31. The normalized spacial score (nSPS) is 10.8. The van der Waals surface area contributed by atoms with E-state index in [-0.39, 0.29) is 5.69 Å². The summed E-state index contributed by atoms with van der Waals surface area (Å²) in [4.78, 5) is 12.2. The summed E-state index contributed by atoms with van der Waals surface area (Å²) in [5, 5.41) is 11.4. The van der Waals surface area contributed by atoms with Crippen molar-refractivity contribution >= 4 is 23.7 Å². The molecular formula is C19H17ClN4O2. The number of benzene rings is 2. The molecular weight excluding hydrogens is 352 g/mol. The SMILES string of the molecule is CCOc1ccccc1/C=N/NC(=O)c1cc(-c2ccccc2Cl)n[nH]1. The van der Waals surface area contributed by atoms with Crippen molar-refractivity contribution < 1.29 is 9.53 Å². The van der Waals surface area contributed by atoms with E-state index in [0.29, 0.717) is 23.1 Å². The molecule has 0 bridgehead atoms. The second-order valence-corrected chi connectivity index (χ2v) is 5.72. The molecule has 0 spiro atoms. The third-order valence-corrected chi connectivity index (χ3v) is 3.89. The Kier molecular flexibility index (Phi) is 5.66. The molecule has 1 aromatic heterocycles. The number of aromatic amines is 1. The van der Waals surface area contributed by atoms with E-state index >= 15 is 0 Å². The Hall–Kier alpha value is -3.12. The van der Waals surface area contributed by atoms with Crippen LogP contribution in [-0.2, 0) is 0 Å². The van der Waals surface area contributed by atoms with Crippen LogP contribution < -0.4 is 10.2 Å². The lowest BCUT2D eigenvalue weighted by Gasteiger charge is -2.05. The first-order chi connectivity index (χ1) is 12.7. The number of amides is 1. The molecule has 6 nitrogen and oxygen atoms in total. The van der Waals surface area contributed by atoms with Crippen LogP contribution in [0.25, 0.3) is 11.3 Å². The summed E-state index contributed by atoms with van der Waals surface area (Å²) in [6.07, 6.45) is 1.54. The molecule has 3 rings (SSSR count). The van der Waals surface area contributed by atoms with Gasteiger partial charge in [0.1, 0.15) is 11.4 Å². The van der Waals surface area contributed by atoms with Gasteiger partial charge < -0.3 is 4.74 Å². The van der Waals surface area contributed by atoms with Gasteiger partial charge in [0.2, 0.25) is 0 Å². The molecule has 132 valence electrons. The minimum atomic E-state index is -0.402. The summed E-state index contributed by atoms with van der Waals surface area (Å²) in [5.74, 6) is 0.302. The lowest BCUT2D eigenvalue weighted by molar-refractivity contribution is 0.0950. The molecule has 0 saturated heterocycles. The zero-order chi connectivity index (χ0) is 18.4. The second-order valence-electron chi connectivity index (χ2n) is 5.32. The third-order valence-electron chi connectivity index (χ3n) is 3.56. The number of hydrogen-bond acceptors (Lipinski definition) is 4. The molecule has 2 N–H and O–H groups in total. The first-order valence-corrected chi connectivity index (χ1v) is 8.42. The molecule has 26 heavy (non-hydrogen) atoms. The standard InChI is InChI=1S/C19H17ClN4O2/c1-2-26-18-10-6-3-7-13(18)12-21-24-19(25)17-11-16(22-23-17)14-8-4-5-9-15(14)20/h3-12H,2H2,1H3,(H,22,23)(H,24,25)/b21-12+. The van der Waals surface area contributed by atoms with Crippen molar-refractivity contribution in [3.05, 3.63) is 70.9 Å². The molecule has 0 fully saturated rings. The van der Waals surface area contributed by atoms with Gasteiger partial charge in [-0.1, -0.05) is 41.9 Å². The number of H-pyrrole nitrogens is 1. The van der Waals surface area contributed by atoms with Gasteiger partial charge in [-0.3, -0.25) is 9.89 Å². The van der Waals surface area contributed by atoms with Gasteiger partial charge in [0.25, 0.3) is 5.91 Å². The molecule has 3 aromatic rings. The number of para-hydroxylation sites is 1. The zero-order valence-electron chi connectivity index (χ0n) is 14.1. The molecule has 0 aliphatic carbocycles. The number of hydrazone groups is 1. The molecule has 0 aliphatic heterocycles. The quantitative estimate of drug-likeness (QED) is 0.511. The number of ether oxygens (including phenoxy) is 1. The van der Waals surface area contributed by atoms with Crippen LogP contribution in [0.15, 0.2) is 59.7 Å². The topological polar surface area (TPSA) is 79.4 Å². The van der Waals surface area contributed by atoms with Gasteiger partial charge >= 0.3 is 0 Å². The highest BCUT2D eigenvalue weighted by Crippen LogP contribution is 2.26. The average Bonchev–Trinajstić information content (AvgIpc) is 3.14. The molecule has 0 atom stereocenters. The smallest absolute Gasteiger partial charge is 0.289 e. The first kappa shape index (κ1) is 17.7. The van der Waals surface area contributed by atoms with Crippen molar-refractivity contribution in [3.63, 3.8) is 0 Å². The highest BCUT2D eigenvalue weighted by Gasteiger charge is 2.12. The molecule has 1 heterocycles. The van der Waals surface area contributed by atoms with E-state index < -0.39 is 5.91 Å². The zero-order valence-corrected chi connectivity index (χ0v) is 14.8. The Morgan fingerprint density at radius 1 is 1.27 bits per heavy atom. The lowest BCUT2D eigenvalue weighted by Crippen LogP contribution is -2.18. The van der Waals surface area contributed by atoms with Crippen molar-refractivity contribution in [2.24, 2.45) is 5.10 Å². The number of hydrogen-bond donors (Lipinski definition) is 2. The number of halogens is 1. The third kappa shape index (κ3) is 4.10. The fraction of sp³-hybridized carbons (Fsp3) is 0.105. The predicted octanol–water partition coefficient (Wildman–Crippen LogP) is 3.89. The van der Waals surface area contributed by atoms with Gasteiger partial charge in [-0.05, 0) is 31.2 Å². The summed E-state index contributed by atoms with van der Waals surface area (Å²) in [5.41, 5.74) is 4.87. The number of nitrogens with one attached hydrogen (secondary N) is 2. The Bertz CT molecular complexity index is 937. The summed E-state index contributed by atoms with van der Waals surface area (Å²) in [7, 11) is 0. The van der Waals surface area contributed by atoms with Crippen molar-refractivity contribution in [2.75, 3.05) is 6.61 Å². The monoisotopic (exact) mass is 368 g/mol. The van der Waals surface area contributed by atoms with Crippen LogP contribution in [0.4, 0.5) is 0 Å². The highest BCUT2D eigenvalue weighted by molar-refractivity contribution is 6.33. The fourth-order valence-electron chi connectivity index (χ4n) is 2.34. The minimum Gasteiger partial charge on any atom is -0.493 e. The van der Waals surface area contributed by atoms with Gasteiger partial charge in [-0.2, -0.15) is 10.2 Å². The van der Waals surface area contributed by atoms with E-state index in [1.165, 1.54) is 6.21 Å². The van der Waals surface area contributed by atoms with E-state index in [9.17, 15) is 4.79 Å². The largest absolute Gasteiger partial charge is 0.493 e. The van der Waals surface area contributed by atoms with Crippen LogP contribution in [-0.4, -0.2) is 28.9 Å². The average molecular weight is 369 g/mol. The van der Waals surface area contributed by atoms with Crippen molar-refractivity contribution in [1.29, 1.82) is 0 Å². The highest BCUT2D eigenvalue weighted by atomic mass is 35.5. The van der Waals surface area contributed by atoms with E-state index in [4.69, 9.17) is 16.3 Å². The van der Waals surface area contributed by atoms with E-state index in [1.54, 1.807) is 12.1 Å². The maximum absolute atomic E-state index is 12.2. The predicted molar refractivity (Wildman–Crippen MR) is 102 cm³/mol. The Labute approximate surface area is 155 Å². The summed E-state index contributed by atoms with van der Waals surface area (Å²) in [6.45, 7) is 2.46. The molecule has 0 radical (unpaired) electrons. The fourth-order valence-corrected chi connectivity index (χ4v) is 2.57. The van der Waals surface area contributed by atoms with Gasteiger partial charge in [0.15, 0.2) is 0 Å². The van der Waals surface area contributed by atoms with Gasteiger partial charge in [-0.15, -0.1) is 0 Å². The molecule has 2 aromatic carbocycles. The van der Waals surface area contributed by atoms with Crippen LogP contribution in [0.3, 0.4) is 0 Å². The Morgan fingerprint density at radius 3 is 2.85 bits per heavy atom. The van der Waals surface area contributed by atoms with Crippen LogP contribution in [0, 0.1) is 0 Å². The van der Waals surface area contributed by atoms with Gasteiger partial charge in [0.05, 0.1) is 23.5 Å². The molecule has 7 heteroatoms. The molecule has 0 aliphatic rings. The van der Waals surface area contributed by atoms with Crippen LogP contribution >= 0.6 is 11.6 Å². The molecule has 1 amide bonds. The number of carbonyl (C=O) groups excluding carboxylic acids is 1. The maximum Gasteiger partial charge on any atom is 0.289 e. The van der Waals surface area contributed by atoms with Crippen molar-refractivity contribution in [1.82, 2.24) is 15.6 Å². The summed E-state index contributed by atoms with van der Waals surface area (Å²) < 4.78 is 5.51. The molecule has 0 unspecified atom stereocenters. The maximum atomic E-state index is 12.2. The van der Waals surface area contributed by atoms with Crippen LogP contribution in [0.5, 0.6) is 5.75 Å². The van der Waals surface area contributed by atoms with E-state index in [1.807, 2.05) is 49.4 Å². The number of nitrogens with zero attached hydrogens (tertiary/aromatic N) is 2. The number of rotatable bonds is 6. The Balaban J connectivity index is 1.69. The molecule has 0 saturated carbocycles. The van der Waals surface area contributed by atoms with E-state index in [0.717, 1.165) is 11.1 Å². The van der Waals surface area contributed by atoms with E-state index in [2.05, 4.69) is 20.7 Å². The van der Waals surface area contributed by atoms with Crippen LogP contribution in [0.2, 0.25) is 5.02 Å². The number of carbonyl (C=O) groups is 1. The van der Waals surface area contributed by atoms with Crippen LogP contribution in [0.1, 0.15) is 23.0 Å². The van der Waals surface area contributed by atoms with Gasteiger partial charge in [0, 0.05) is 11.1 Å². The van der Waals surface area contributed by atoms with Crippen molar-refractivity contribution in [2.45, 2.75) is 6.92 Å². The minimum absolute atomic E-state index is 0.287. The van der Waals surface area contributed by atoms with Crippen molar-refractivity contribution in [3.8, 4) is 17.0 Å². The lowest BCUT2D eigenvalue weighted by atomic mass is 10.1. The summed E-state index contributed by atoms with van der Waals surface area (Å²) >= 11 is 6.15. The summed E-state index contributed by atoms with van der Waals surface area (Å²) in [6, 6.07) is 16.4. The van der Waals surface area contributed by atoms with Gasteiger partial charge in [-0.25, -0.2) is 5.43 Å².